The average molecular weight is 173 g/mol. The molecule has 1 atom stereocenters. The summed E-state index contributed by atoms with van der Waals surface area (Å²) in [7, 11) is 0. The van der Waals surface area contributed by atoms with Crippen LogP contribution in [0, 0.1) is 0 Å². The molecule has 0 amide bonds. The lowest BCUT2D eigenvalue weighted by Crippen LogP contribution is -2.40. The van der Waals surface area contributed by atoms with Gasteiger partial charge >= 0.3 is 0 Å². The van der Waals surface area contributed by atoms with Crippen LogP contribution in [0.1, 0.15) is 13.3 Å². The lowest BCUT2D eigenvalue weighted by atomic mass is 10.3. The molecule has 0 fully saturated rings. The zero-order valence-electron chi connectivity index (χ0n) is 7.12. The smallest absolute Gasteiger partial charge is 0.0857 e. The first kappa shape index (κ1) is 9.31. The average Bonchev–Trinajstić information content (AvgIpc) is 2.52. The van der Waals surface area contributed by atoms with E-state index in [0.29, 0.717) is 12.2 Å². The third-order valence-corrected chi connectivity index (χ3v) is 1.72. The molecular weight excluding hydrogens is 158 g/mol. The third kappa shape index (κ3) is 2.37. The van der Waals surface area contributed by atoms with Crippen LogP contribution in [0.15, 0.2) is 11.9 Å². The number of rotatable bonds is 4. The topological polar surface area (TPSA) is 67.8 Å². The normalized spacial score (nSPS) is 18.9. The summed E-state index contributed by atoms with van der Waals surface area (Å²) in [5, 5.41) is 19.7. The summed E-state index contributed by atoms with van der Waals surface area (Å²) in [5.74, 6) is 0. The first-order chi connectivity index (χ1) is 5.76. The van der Waals surface area contributed by atoms with E-state index in [1.807, 2.05) is 6.92 Å². The number of aliphatic hydroxyl groups excluding tert-OH is 2. The van der Waals surface area contributed by atoms with Crippen molar-refractivity contribution in [2.75, 3.05) is 13.2 Å². The maximum absolute atomic E-state index is 9.28. The second kappa shape index (κ2) is 4.30. The fourth-order valence-corrected chi connectivity index (χ4v) is 0.931. The molecule has 4 N–H and O–H groups in total. The second-order valence-electron chi connectivity index (χ2n) is 2.76. The number of β-amino-alcohol motifs (C(OH)–C–C–N with tert-alkyl or cyclic N) is 1. The lowest BCUT2D eigenvalue weighted by molar-refractivity contribution is 0.110. The van der Waals surface area contributed by atoms with E-state index in [2.05, 4.69) is 11.0 Å². The van der Waals surface area contributed by atoms with Gasteiger partial charge in [-0.2, -0.15) is 0 Å². The Morgan fingerprint density at radius 1 is 1.67 bits per heavy atom. The third-order valence-electron chi connectivity index (χ3n) is 1.72. The van der Waals surface area contributed by atoms with E-state index < -0.39 is 0 Å². The van der Waals surface area contributed by atoms with E-state index in [-0.39, 0.29) is 12.7 Å². The lowest BCUT2D eigenvalue weighted by Gasteiger charge is -2.17. The summed E-state index contributed by atoms with van der Waals surface area (Å²) in [5.41, 5.74) is 6.26. The van der Waals surface area contributed by atoms with Crippen molar-refractivity contribution in [3.05, 3.63) is 11.9 Å². The molecule has 70 valence electrons. The minimum Gasteiger partial charge on any atom is -0.391 e. The first-order valence-electron chi connectivity index (χ1n) is 4.04. The molecule has 1 aliphatic heterocycles. The number of nitrogens with zero attached hydrogens (tertiary/aromatic N) is 1. The van der Waals surface area contributed by atoms with E-state index in [9.17, 15) is 5.11 Å². The van der Waals surface area contributed by atoms with Crippen molar-refractivity contribution in [2.45, 2.75) is 19.4 Å². The van der Waals surface area contributed by atoms with Gasteiger partial charge in [0.25, 0.3) is 0 Å². The van der Waals surface area contributed by atoms with Crippen molar-refractivity contribution in [1.82, 2.24) is 16.0 Å². The first-order valence-corrected chi connectivity index (χ1v) is 4.04. The molecule has 5 heteroatoms. The van der Waals surface area contributed by atoms with Crippen LogP contribution in [-0.4, -0.2) is 34.5 Å². The number of hydrazine groups is 2. The van der Waals surface area contributed by atoms with Gasteiger partial charge in [-0.15, -0.1) is 5.53 Å². The van der Waals surface area contributed by atoms with Crippen LogP contribution < -0.4 is 11.0 Å². The monoisotopic (exact) mass is 173 g/mol. The van der Waals surface area contributed by atoms with Gasteiger partial charge < -0.3 is 15.6 Å². The Bertz CT molecular complexity index is 172. The van der Waals surface area contributed by atoms with Gasteiger partial charge in [-0.25, -0.2) is 0 Å². The molecule has 0 bridgehead atoms. The molecule has 12 heavy (non-hydrogen) atoms. The highest BCUT2D eigenvalue weighted by atomic mass is 16.3. The van der Waals surface area contributed by atoms with Gasteiger partial charge in [0.15, 0.2) is 0 Å². The predicted octanol–water partition coefficient (Wildman–Crippen LogP) is -1.08. The summed E-state index contributed by atoms with van der Waals surface area (Å²) in [6, 6.07) is 0. The summed E-state index contributed by atoms with van der Waals surface area (Å²) in [4.78, 5) is 0. The quantitative estimate of drug-likeness (QED) is 0.435. The van der Waals surface area contributed by atoms with Crippen LogP contribution in [0.4, 0.5) is 0 Å². The van der Waals surface area contributed by atoms with E-state index >= 15 is 0 Å². The van der Waals surface area contributed by atoms with Crippen molar-refractivity contribution >= 4 is 0 Å². The van der Waals surface area contributed by atoms with E-state index in [4.69, 9.17) is 5.11 Å². The van der Waals surface area contributed by atoms with Crippen LogP contribution in [0.25, 0.3) is 0 Å². The highest BCUT2D eigenvalue weighted by Crippen LogP contribution is 2.00. The molecule has 0 aromatic carbocycles. The highest BCUT2D eigenvalue weighted by Gasteiger charge is 2.12. The van der Waals surface area contributed by atoms with Gasteiger partial charge in [0.2, 0.25) is 0 Å². The standard InChI is InChI=1S/C7H15N3O2/c1-2-7(12)4-10-3-6(5-11)8-9-10/h3,7-9,11-12H,2,4-5H2,1H3. The largest absolute Gasteiger partial charge is 0.391 e. The summed E-state index contributed by atoms with van der Waals surface area (Å²) in [6.07, 6.45) is 2.12. The maximum Gasteiger partial charge on any atom is 0.0857 e. The fourth-order valence-electron chi connectivity index (χ4n) is 0.931. The van der Waals surface area contributed by atoms with Crippen LogP contribution in [0.3, 0.4) is 0 Å². The molecule has 0 spiro atoms. The molecule has 0 saturated carbocycles. The Hall–Kier alpha value is -0.780. The summed E-state index contributed by atoms with van der Waals surface area (Å²) >= 11 is 0. The molecule has 1 unspecified atom stereocenters. The van der Waals surface area contributed by atoms with Crippen LogP contribution in [0.5, 0.6) is 0 Å². The zero-order chi connectivity index (χ0) is 8.97. The van der Waals surface area contributed by atoms with Gasteiger partial charge in [0.05, 0.1) is 25.0 Å². The zero-order valence-corrected chi connectivity index (χ0v) is 7.12. The SMILES string of the molecule is CCC(O)CN1C=C(CO)NN1. The highest BCUT2D eigenvalue weighted by molar-refractivity contribution is 5.01. The van der Waals surface area contributed by atoms with Crippen molar-refractivity contribution in [2.24, 2.45) is 0 Å². The van der Waals surface area contributed by atoms with Crippen LogP contribution >= 0.6 is 0 Å². The van der Waals surface area contributed by atoms with E-state index in [1.54, 1.807) is 11.2 Å². The Kier molecular flexibility index (Phi) is 3.33. The molecule has 0 radical (unpaired) electrons. The minimum absolute atomic E-state index is 0.0221. The summed E-state index contributed by atoms with van der Waals surface area (Å²) in [6.45, 7) is 2.42. The molecule has 5 nitrogen and oxygen atoms in total. The summed E-state index contributed by atoms with van der Waals surface area (Å²) < 4.78 is 0. The minimum atomic E-state index is -0.339. The van der Waals surface area contributed by atoms with E-state index in [1.165, 1.54) is 0 Å². The molecule has 0 aromatic heterocycles. The van der Waals surface area contributed by atoms with Crippen molar-refractivity contribution in [3.8, 4) is 0 Å². The van der Waals surface area contributed by atoms with Crippen molar-refractivity contribution in [3.63, 3.8) is 0 Å². The molecule has 0 saturated heterocycles. The molecule has 1 heterocycles. The van der Waals surface area contributed by atoms with Crippen molar-refractivity contribution in [1.29, 1.82) is 0 Å². The predicted molar refractivity (Wildman–Crippen MR) is 44.4 cm³/mol. The molecule has 1 rings (SSSR count). The fraction of sp³-hybridized carbons (Fsp3) is 0.714. The van der Waals surface area contributed by atoms with Crippen LogP contribution in [-0.2, 0) is 0 Å². The Labute approximate surface area is 71.6 Å². The van der Waals surface area contributed by atoms with Crippen LogP contribution in [0.2, 0.25) is 0 Å². The molecule has 0 aliphatic carbocycles. The van der Waals surface area contributed by atoms with Gasteiger partial charge in [0.1, 0.15) is 0 Å². The number of aliphatic hydroxyl groups is 2. The molecular formula is C7H15N3O2. The van der Waals surface area contributed by atoms with Gasteiger partial charge in [-0.3, -0.25) is 5.01 Å². The molecule has 1 aliphatic rings. The molecule has 0 aromatic rings. The number of hydrogen-bond acceptors (Lipinski definition) is 5. The van der Waals surface area contributed by atoms with E-state index in [0.717, 1.165) is 6.42 Å². The Balaban J connectivity index is 2.31. The maximum atomic E-state index is 9.28. The van der Waals surface area contributed by atoms with Gasteiger partial charge in [-0.05, 0) is 6.42 Å². The van der Waals surface area contributed by atoms with Gasteiger partial charge in [-0.1, -0.05) is 6.92 Å². The second-order valence-corrected chi connectivity index (χ2v) is 2.76. The number of nitrogens with one attached hydrogen (secondary N) is 2. The Morgan fingerprint density at radius 3 is 2.92 bits per heavy atom. The number of hydrogen-bond donors (Lipinski definition) is 4. The Morgan fingerprint density at radius 2 is 2.42 bits per heavy atom. The van der Waals surface area contributed by atoms with Crippen molar-refractivity contribution < 1.29 is 10.2 Å². The van der Waals surface area contributed by atoms with Gasteiger partial charge in [0, 0.05) is 6.20 Å².